The molecule has 0 heterocycles. The van der Waals surface area contributed by atoms with Gasteiger partial charge in [0.15, 0.2) is 0 Å². The van der Waals surface area contributed by atoms with Crippen LogP contribution in [-0.2, 0) is 9.59 Å². The van der Waals surface area contributed by atoms with Crippen molar-refractivity contribution in [2.45, 2.75) is 25.8 Å². The number of aliphatic carboxylic acids is 1. The summed E-state index contributed by atoms with van der Waals surface area (Å²) >= 11 is 3.36. The molecule has 0 spiro atoms. The number of amides is 1. The highest BCUT2D eigenvalue weighted by molar-refractivity contribution is 9.10. The second-order valence-corrected chi connectivity index (χ2v) is 4.65. The highest BCUT2D eigenvalue weighted by Crippen LogP contribution is 2.17. The number of rotatable bonds is 5. The van der Waals surface area contributed by atoms with Gasteiger partial charge in [-0.05, 0) is 24.6 Å². The van der Waals surface area contributed by atoms with E-state index in [0.29, 0.717) is 0 Å². The van der Waals surface area contributed by atoms with Gasteiger partial charge in [0.2, 0.25) is 5.91 Å². The maximum atomic E-state index is 11.4. The molecule has 1 amide bonds. The van der Waals surface area contributed by atoms with Gasteiger partial charge in [-0.2, -0.15) is 0 Å². The molecule has 0 fully saturated rings. The van der Waals surface area contributed by atoms with Crippen LogP contribution >= 0.6 is 15.9 Å². The van der Waals surface area contributed by atoms with Crippen LogP contribution in [0.4, 0.5) is 0 Å². The van der Waals surface area contributed by atoms with Gasteiger partial charge in [-0.3, -0.25) is 9.59 Å². The number of carboxylic acids is 1. The van der Waals surface area contributed by atoms with Gasteiger partial charge < -0.3 is 10.4 Å². The van der Waals surface area contributed by atoms with E-state index in [1.54, 1.807) is 0 Å². The van der Waals surface area contributed by atoms with E-state index in [1.807, 2.05) is 31.2 Å². The Bertz CT molecular complexity index is 420. The molecule has 1 atom stereocenters. The Morgan fingerprint density at radius 2 is 2.12 bits per heavy atom. The van der Waals surface area contributed by atoms with Crippen molar-refractivity contribution >= 4 is 27.8 Å². The molecule has 4 nitrogen and oxygen atoms in total. The molecule has 0 aromatic heterocycles. The van der Waals surface area contributed by atoms with E-state index in [0.717, 1.165) is 10.0 Å². The number of nitrogens with one attached hydrogen (secondary N) is 1. The molecule has 17 heavy (non-hydrogen) atoms. The van der Waals surface area contributed by atoms with Crippen LogP contribution in [-0.4, -0.2) is 17.0 Å². The van der Waals surface area contributed by atoms with Crippen LogP contribution in [0.1, 0.15) is 31.4 Å². The first-order valence-electron chi connectivity index (χ1n) is 5.25. The zero-order valence-corrected chi connectivity index (χ0v) is 11.0. The average Bonchev–Trinajstić information content (AvgIpc) is 2.26. The zero-order chi connectivity index (χ0) is 12.8. The number of carboxylic acid groups (broad SMARTS) is 1. The van der Waals surface area contributed by atoms with Gasteiger partial charge in [0.25, 0.3) is 0 Å². The van der Waals surface area contributed by atoms with Crippen molar-refractivity contribution in [2.75, 3.05) is 0 Å². The summed E-state index contributed by atoms with van der Waals surface area (Å²) in [6.07, 6.45) is -0.134. The SMILES string of the molecule is C[C@@H](NC(=O)CCC(=O)O)c1cccc(Br)c1. The first-order chi connectivity index (χ1) is 7.99. The molecule has 2 N–H and O–H groups in total. The van der Waals surface area contributed by atoms with Gasteiger partial charge in [-0.25, -0.2) is 0 Å². The van der Waals surface area contributed by atoms with E-state index in [2.05, 4.69) is 21.2 Å². The van der Waals surface area contributed by atoms with Crippen LogP contribution in [0.25, 0.3) is 0 Å². The molecule has 0 saturated carbocycles. The van der Waals surface area contributed by atoms with Crippen molar-refractivity contribution in [2.24, 2.45) is 0 Å². The second-order valence-electron chi connectivity index (χ2n) is 3.74. The molecule has 0 aliphatic rings. The van der Waals surface area contributed by atoms with Gasteiger partial charge >= 0.3 is 5.97 Å². The quantitative estimate of drug-likeness (QED) is 0.878. The van der Waals surface area contributed by atoms with Gasteiger partial charge in [0.1, 0.15) is 0 Å². The molecule has 0 unspecified atom stereocenters. The first-order valence-corrected chi connectivity index (χ1v) is 6.05. The summed E-state index contributed by atoms with van der Waals surface area (Å²) in [6, 6.07) is 7.49. The van der Waals surface area contributed by atoms with Crippen molar-refractivity contribution in [1.29, 1.82) is 0 Å². The first kappa shape index (κ1) is 13.7. The number of carbonyl (C=O) groups is 2. The van der Waals surface area contributed by atoms with Crippen molar-refractivity contribution in [3.8, 4) is 0 Å². The Balaban J connectivity index is 2.51. The molecule has 5 heteroatoms. The number of halogens is 1. The standard InChI is InChI=1S/C12H14BrNO3/c1-8(9-3-2-4-10(13)7-9)14-11(15)5-6-12(16)17/h2-4,7-8H,5-6H2,1H3,(H,14,15)(H,16,17)/t8-/m1/s1. The Morgan fingerprint density at radius 3 is 2.71 bits per heavy atom. The number of carbonyl (C=O) groups excluding carboxylic acids is 1. The molecule has 0 saturated heterocycles. The number of benzene rings is 1. The maximum absolute atomic E-state index is 11.4. The lowest BCUT2D eigenvalue weighted by molar-refractivity contribution is -0.138. The predicted octanol–water partition coefficient (Wildman–Crippen LogP) is 2.49. The fraction of sp³-hybridized carbons (Fsp3) is 0.333. The zero-order valence-electron chi connectivity index (χ0n) is 9.44. The third-order valence-corrected chi connectivity index (χ3v) is 2.79. The minimum Gasteiger partial charge on any atom is -0.481 e. The molecule has 0 bridgehead atoms. The summed E-state index contributed by atoms with van der Waals surface area (Å²) < 4.78 is 0.946. The van der Waals surface area contributed by atoms with E-state index in [-0.39, 0.29) is 24.8 Å². The summed E-state index contributed by atoms with van der Waals surface area (Å²) in [5, 5.41) is 11.2. The molecule has 92 valence electrons. The lowest BCUT2D eigenvalue weighted by Crippen LogP contribution is -2.26. The van der Waals surface area contributed by atoms with Crippen molar-refractivity contribution in [1.82, 2.24) is 5.32 Å². The Morgan fingerprint density at radius 1 is 1.41 bits per heavy atom. The van der Waals surface area contributed by atoms with Gasteiger partial charge in [0.05, 0.1) is 12.5 Å². The molecular weight excluding hydrogens is 286 g/mol. The second kappa shape index (κ2) is 6.39. The fourth-order valence-electron chi connectivity index (χ4n) is 1.39. The van der Waals surface area contributed by atoms with Crippen molar-refractivity contribution < 1.29 is 14.7 Å². The van der Waals surface area contributed by atoms with Crippen molar-refractivity contribution in [3.63, 3.8) is 0 Å². The molecule has 1 rings (SSSR count). The van der Waals surface area contributed by atoms with E-state index in [1.165, 1.54) is 0 Å². The summed E-state index contributed by atoms with van der Waals surface area (Å²) in [5.74, 6) is -1.21. The minimum absolute atomic E-state index is 0.00762. The van der Waals surface area contributed by atoms with Crippen LogP contribution in [0.15, 0.2) is 28.7 Å². The molecule has 0 radical (unpaired) electrons. The summed E-state index contributed by atoms with van der Waals surface area (Å²) in [5.41, 5.74) is 0.975. The van der Waals surface area contributed by atoms with Crippen LogP contribution in [0.3, 0.4) is 0 Å². The lowest BCUT2D eigenvalue weighted by Gasteiger charge is -2.14. The maximum Gasteiger partial charge on any atom is 0.303 e. The van der Waals surface area contributed by atoms with Crippen LogP contribution in [0.2, 0.25) is 0 Å². The number of hydrogen-bond acceptors (Lipinski definition) is 2. The van der Waals surface area contributed by atoms with E-state index in [9.17, 15) is 9.59 Å². The fourth-order valence-corrected chi connectivity index (χ4v) is 1.81. The highest BCUT2D eigenvalue weighted by Gasteiger charge is 2.10. The van der Waals surface area contributed by atoms with Gasteiger partial charge in [-0.1, -0.05) is 28.1 Å². The Labute approximate surface area is 108 Å². The highest BCUT2D eigenvalue weighted by atomic mass is 79.9. The average molecular weight is 300 g/mol. The smallest absolute Gasteiger partial charge is 0.303 e. The monoisotopic (exact) mass is 299 g/mol. The summed E-state index contributed by atoms with van der Waals surface area (Å²) in [6.45, 7) is 1.86. The summed E-state index contributed by atoms with van der Waals surface area (Å²) in [4.78, 5) is 21.7. The molecular formula is C12H14BrNO3. The van der Waals surface area contributed by atoms with Crippen LogP contribution in [0, 0.1) is 0 Å². The molecule has 1 aromatic rings. The summed E-state index contributed by atoms with van der Waals surface area (Å²) in [7, 11) is 0. The third kappa shape index (κ3) is 4.99. The predicted molar refractivity (Wildman–Crippen MR) is 67.6 cm³/mol. The van der Waals surface area contributed by atoms with E-state index >= 15 is 0 Å². The largest absolute Gasteiger partial charge is 0.481 e. The van der Waals surface area contributed by atoms with E-state index in [4.69, 9.17) is 5.11 Å². The van der Waals surface area contributed by atoms with E-state index < -0.39 is 5.97 Å². The third-order valence-electron chi connectivity index (χ3n) is 2.29. The minimum atomic E-state index is -0.963. The number of hydrogen-bond donors (Lipinski definition) is 2. The topological polar surface area (TPSA) is 66.4 Å². The molecule has 0 aliphatic carbocycles. The Hall–Kier alpha value is -1.36. The Kier molecular flexibility index (Phi) is 5.15. The normalized spacial score (nSPS) is 11.9. The van der Waals surface area contributed by atoms with Crippen LogP contribution < -0.4 is 5.32 Å². The van der Waals surface area contributed by atoms with Gasteiger partial charge in [0, 0.05) is 10.9 Å². The van der Waals surface area contributed by atoms with Crippen LogP contribution in [0.5, 0.6) is 0 Å². The molecule has 1 aromatic carbocycles. The lowest BCUT2D eigenvalue weighted by atomic mass is 10.1. The van der Waals surface area contributed by atoms with Crippen molar-refractivity contribution in [3.05, 3.63) is 34.3 Å². The van der Waals surface area contributed by atoms with Gasteiger partial charge in [-0.15, -0.1) is 0 Å². The molecule has 0 aliphatic heterocycles.